The van der Waals surface area contributed by atoms with Gasteiger partial charge >= 0.3 is 16.5 Å². The molecule has 276 valence electrons. The second-order valence-electron chi connectivity index (χ2n) is 12.4. The van der Waals surface area contributed by atoms with E-state index >= 15 is 0 Å². The number of hydrogen-bond donors (Lipinski definition) is 2. The summed E-state index contributed by atoms with van der Waals surface area (Å²) < 4.78 is 0. The molecule has 7 heteroatoms. The summed E-state index contributed by atoms with van der Waals surface area (Å²) in [5.74, 6) is 0. The maximum absolute atomic E-state index is 8.25. The predicted molar refractivity (Wildman–Crippen MR) is 189 cm³/mol. The van der Waals surface area contributed by atoms with Crippen molar-refractivity contribution < 1.29 is 36.3 Å². The van der Waals surface area contributed by atoms with Crippen molar-refractivity contribution in [2.45, 2.75) is 219 Å². The molecule has 0 aliphatic heterocycles. The first-order valence-corrected chi connectivity index (χ1v) is 19.2. The van der Waals surface area contributed by atoms with Gasteiger partial charge < -0.3 is 31.3 Å². The zero-order valence-corrected chi connectivity index (χ0v) is 31.3. The van der Waals surface area contributed by atoms with Gasteiger partial charge in [0.25, 0.3) is 0 Å². The van der Waals surface area contributed by atoms with E-state index in [-0.39, 0.29) is 16.5 Å². The number of carbonyl (C=O) groups excluding carboxylic acids is 2. The molecule has 0 aliphatic carbocycles. The van der Waals surface area contributed by atoms with Crippen molar-refractivity contribution in [3.8, 4) is 0 Å². The SMILES string of the molecule is CCCCCCCCCCCCCCCCCCN.CCCCCCCCCCCCCCCCCCN.O=C[O-].O=C[O-].[Ni+2]. The van der Waals surface area contributed by atoms with E-state index in [0.717, 1.165) is 13.1 Å². The van der Waals surface area contributed by atoms with E-state index in [0.29, 0.717) is 0 Å². The summed E-state index contributed by atoms with van der Waals surface area (Å²) in [6, 6.07) is 0. The zero-order valence-electron chi connectivity index (χ0n) is 30.3. The molecular formula is C38H80N2NiO4. The fourth-order valence-electron chi connectivity index (χ4n) is 5.38. The maximum atomic E-state index is 8.25. The number of rotatable bonds is 32. The molecule has 0 saturated heterocycles. The van der Waals surface area contributed by atoms with E-state index in [4.69, 9.17) is 31.3 Å². The van der Waals surface area contributed by atoms with Crippen molar-refractivity contribution >= 4 is 12.9 Å². The quantitative estimate of drug-likeness (QED) is 0.0412. The van der Waals surface area contributed by atoms with E-state index in [2.05, 4.69) is 13.8 Å². The van der Waals surface area contributed by atoms with Gasteiger partial charge in [0.15, 0.2) is 0 Å². The van der Waals surface area contributed by atoms with Crippen molar-refractivity contribution in [2.75, 3.05) is 13.1 Å². The Kier molecular flexibility index (Phi) is 74.4. The minimum absolute atomic E-state index is 0. The van der Waals surface area contributed by atoms with Crippen LogP contribution in [0.2, 0.25) is 0 Å². The largest absolute Gasteiger partial charge is 2.00 e. The average Bonchev–Trinajstić information content (AvgIpc) is 3.02. The molecule has 0 aromatic heterocycles. The van der Waals surface area contributed by atoms with Crippen LogP contribution in [-0.4, -0.2) is 26.0 Å². The second kappa shape index (κ2) is 62.2. The Hall–Kier alpha value is -0.646. The van der Waals surface area contributed by atoms with Crippen LogP contribution in [0.1, 0.15) is 219 Å². The molecule has 0 bridgehead atoms. The van der Waals surface area contributed by atoms with Crippen LogP contribution in [0.25, 0.3) is 0 Å². The second-order valence-corrected chi connectivity index (χ2v) is 12.4. The van der Waals surface area contributed by atoms with Gasteiger partial charge in [-0.25, -0.2) is 0 Å². The third kappa shape index (κ3) is 75.4. The van der Waals surface area contributed by atoms with Gasteiger partial charge in [-0.2, -0.15) is 0 Å². The first-order valence-electron chi connectivity index (χ1n) is 19.2. The van der Waals surface area contributed by atoms with Gasteiger partial charge in [-0.1, -0.05) is 206 Å². The van der Waals surface area contributed by atoms with Crippen LogP contribution < -0.4 is 21.7 Å². The summed E-state index contributed by atoms with van der Waals surface area (Å²) in [4.78, 5) is 16.5. The molecule has 0 radical (unpaired) electrons. The molecule has 4 N–H and O–H groups in total. The molecule has 0 aromatic rings. The van der Waals surface area contributed by atoms with Crippen molar-refractivity contribution in [3.05, 3.63) is 0 Å². The van der Waals surface area contributed by atoms with Crippen molar-refractivity contribution in [3.63, 3.8) is 0 Å². The first-order chi connectivity index (χ1) is 21.7. The van der Waals surface area contributed by atoms with Crippen LogP contribution >= 0.6 is 0 Å². The molecular weight excluding hydrogens is 607 g/mol. The Morgan fingerprint density at radius 1 is 0.333 bits per heavy atom. The van der Waals surface area contributed by atoms with E-state index in [1.54, 1.807) is 0 Å². The minimum atomic E-state index is -0.500. The Bertz CT molecular complexity index is 387. The van der Waals surface area contributed by atoms with Crippen molar-refractivity contribution in [1.29, 1.82) is 0 Å². The predicted octanol–water partition coefficient (Wildman–Crippen LogP) is 9.14. The molecule has 0 atom stereocenters. The smallest absolute Gasteiger partial charge is 0.554 e. The summed E-state index contributed by atoms with van der Waals surface area (Å²) in [5.41, 5.74) is 11.0. The molecule has 6 nitrogen and oxygen atoms in total. The molecule has 0 unspecified atom stereocenters. The third-order valence-corrected chi connectivity index (χ3v) is 8.12. The number of hydrogen-bond acceptors (Lipinski definition) is 6. The summed E-state index contributed by atoms with van der Waals surface area (Å²) in [7, 11) is 0. The Morgan fingerprint density at radius 2 is 0.444 bits per heavy atom. The van der Waals surface area contributed by atoms with Crippen LogP contribution in [0.15, 0.2) is 0 Å². The van der Waals surface area contributed by atoms with Crippen LogP contribution in [0, 0.1) is 0 Å². The summed E-state index contributed by atoms with van der Waals surface area (Å²) >= 11 is 0. The van der Waals surface area contributed by atoms with Gasteiger partial charge in [0.1, 0.15) is 0 Å². The van der Waals surface area contributed by atoms with Crippen LogP contribution in [0.3, 0.4) is 0 Å². The number of carboxylic acid groups (broad SMARTS) is 2. The number of unbranched alkanes of at least 4 members (excludes halogenated alkanes) is 30. The molecule has 0 aliphatic rings. The molecule has 0 heterocycles. The standard InChI is InChI=1S/2C18H39N.2CH2O2.Ni/c2*1-2-3-4-5-6-7-8-9-10-11-12-13-14-15-16-17-18-19;2*2-1-3;/h2*2-19H2,1H3;2*1H,(H,2,3);/q;;;;+2/p-2. The Morgan fingerprint density at radius 3 is 0.556 bits per heavy atom. The van der Waals surface area contributed by atoms with Gasteiger partial charge in [-0.05, 0) is 25.9 Å². The third-order valence-electron chi connectivity index (χ3n) is 8.12. The van der Waals surface area contributed by atoms with E-state index in [9.17, 15) is 0 Å². The van der Waals surface area contributed by atoms with E-state index in [1.807, 2.05) is 0 Å². The van der Waals surface area contributed by atoms with Gasteiger partial charge in [-0.15, -0.1) is 0 Å². The Balaban J connectivity index is -0.000000197. The number of carbonyl (C=O) groups is 2. The van der Waals surface area contributed by atoms with Gasteiger partial charge in [-0.3, -0.25) is 0 Å². The Labute approximate surface area is 292 Å². The summed E-state index contributed by atoms with van der Waals surface area (Å²) in [6.07, 6.45) is 45.7. The van der Waals surface area contributed by atoms with Gasteiger partial charge in [0.2, 0.25) is 0 Å². The van der Waals surface area contributed by atoms with Crippen molar-refractivity contribution in [2.24, 2.45) is 11.5 Å². The summed E-state index contributed by atoms with van der Waals surface area (Å²) in [5, 5.41) is 16.5. The molecule has 0 fully saturated rings. The zero-order chi connectivity index (χ0) is 33.5. The fraction of sp³-hybridized carbons (Fsp3) is 0.947. The molecule has 0 amide bonds. The molecule has 0 saturated carbocycles. The monoisotopic (exact) mass is 687 g/mol. The van der Waals surface area contributed by atoms with E-state index < -0.39 is 12.9 Å². The summed E-state index contributed by atoms with van der Waals surface area (Å²) in [6.45, 7) is 5.33. The van der Waals surface area contributed by atoms with E-state index in [1.165, 1.54) is 205 Å². The fourth-order valence-corrected chi connectivity index (χ4v) is 5.38. The molecule has 0 aromatic carbocycles. The van der Waals surface area contributed by atoms with Crippen LogP contribution in [-0.2, 0) is 26.1 Å². The van der Waals surface area contributed by atoms with Gasteiger partial charge in [0, 0.05) is 12.9 Å². The van der Waals surface area contributed by atoms with Crippen LogP contribution in [0.4, 0.5) is 0 Å². The molecule has 0 rings (SSSR count). The molecule has 45 heavy (non-hydrogen) atoms. The van der Waals surface area contributed by atoms with Crippen LogP contribution in [0.5, 0.6) is 0 Å². The topological polar surface area (TPSA) is 132 Å². The van der Waals surface area contributed by atoms with Gasteiger partial charge in [0.05, 0.1) is 0 Å². The number of nitrogens with two attached hydrogens (primary N) is 2. The normalized spacial score (nSPS) is 9.87. The van der Waals surface area contributed by atoms with Crippen molar-refractivity contribution in [1.82, 2.24) is 0 Å². The average molecular weight is 688 g/mol. The minimum Gasteiger partial charge on any atom is -0.554 e. The molecule has 0 spiro atoms. The maximum Gasteiger partial charge on any atom is 2.00 e. The first kappa shape index (κ1) is 53.8.